The highest BCUT2D eigenvalue weighted by Gasteiger charge is 2.63. The van der Waals surface area contributed by atoms with E-state index in [2.05, 4.69) is 19.8 Å². The largest absolute Gasteiger partial charge is 0.338 e. The normalized spacial score (nSPS) is 34.3. The predicted molar refractivity (Wildman–Crippen MR) is 105 cm³/mol. The summed E-state index contributed by atoms with van der Waals surface area (Å²) in [6.07, 6.45) is 5.60. The number of likely N-dealkylation sites (tertiary alicyclic amines) is 1. The number of halogens is 1. The van der Waals surface area contributed by atoms with Crippen molar-refractivity contribution >= 4 is 17.8 Å². The maximum absolute atomic E-state index is 14.0. The predicted octanol–water partition coefficient (Wildman–Crippen LogP) is 1.36. The van der Waals surface area contributed by atoms with Crippen molar-refractivity contribution in [1.82, 2.24) is 19.8 Å². The summed E-state index contributed by atoms with van der Waals surface area (Å²) in [5.74, 6) is -0.0737. The first kappa shape index (κ1) is 18.9. The zero-order valence-corrected chi connectivity index (χ0v) is 16.6. The fourth-order valence-corrected chi connectivity index (χ4v) is 5.89. The Morgan fingerprint density at radius 1 is 0.931 bits per heavy atom. The molecule has 1 aromatic rings. The molecule has 29 heavy (non-hydrogen) atoms. The second-order valence-corrected chi connectivity index (χ2v) is 8.88. The lowest BCUT2D eigenvalue weighted by Crippen LogP contribution is -2.47. The Bertz CT molecular complexity index is 770. The molecule has 8 heteroatoms. The average Bonchev–Trinajstić information content (AvgIpc) is 3.38. The Balaban J connectivity index is 1.06. The number of alkyl halides is 1. The monoisotopic (exact) mass is 401 g/mol. The van der Waals surface area contributed by atoms with Gasteiger partial charge in [-0.2, -0.15) is 0 Å². The van der Waals surface area contributed by atoms with Crippen LogP contribution in [0.4, 0.5) is 10.3 Å². The maximum Gasteiger partial charge on any atom is 0.233 e. The van der Waals surface area contributed by atoms with Crippen LogP contribution < -0.4 is 4.90 Å². The van der Waals surface area contributed by atoms with Gasteiger partial charge in [0.1, 0.15) is 6.17 Å². The number of hydrogen-bond donors (Lipinski definition) is 0. The van der Waals surface area contributed by atoms with Crippen LogP contribution >= 0.6 is 0 Å². The maximum atomic E-state index is 14.0. The molecule has 3 heterocycles. The molecule has 5 rings (SSSR count). The molecule has 2 saturated carbocycles. The van der Waals surface area contributed by atoms with E-state index >= 15 is 0 Å². The van der Waals surface area contributed by atoms with Gasteiger partial charge in [0.05, 0.1) is 11.8 Å². The number of nitrogens with zero attached hydrogens (tertiary/aromatic N) is 5. The highest BCUT2D eigenvalue weighted by atomic mass is 19.1. The number of carbonyl (C=O) groups excluding carboxylic acids is 2. The smallest absolute Gasteiger partial charge is 0.233 e. The second kappa shape index (κ2) is 7.63. The minimum atomic E-state index is -0.891. The van der Waals surface area contributed by atoms with Crippen molar-refractivity contribution in [3.63, 3.8) is 0 Å². The Kier molecular flexibility index (Phi) is 4.97. The zero-order valence-electron chi connectivity index (χ0n) is 16.6. The van der Waals surface area contributed by atoms with Crippen LogP contribution in [0.15, 0.2) is 18.5 Å². The summed E-state index contributed by atoms with van der Waals surface area (Å²) in [5, 5.41) is 0. The topological polar surface area (TPSA) is 69.6 Å². The van der Waals surface area contributed by atoms with Crippen LogP contribution in [-0.2, 0) is 9.59 Å². The summed E-state index contributed by atoms with van der Waals surface area (Å²) in [4.78, 5) is 40.1. The number of aromatic nitrogens is 2. The van der Waals surface area contributed by atoms with E-state index in [1.54, 1.807) is 12.4 Å². The molecule has 5 unspecified atom stereocenters. The van der Waals surface area contributed by atoms with Crippen LogP contribution in [0.1, 0.15) is 25.7 Å². The quantitative estimate of drug-likeness (QED) is 0.530. The third-order valence-electron chi connectivity index (χ3n) is 7.34. The van der Waals surface area contributed by atoms with Gasteiger partial charge >= 0.3 is 0 Å². The number of rotatable bonds is 6. The van der Waals surface area contributed by atoms with E-state index in [1.807, 2.05) is 6.07 Å². The van der Waals surface area contributed by atoms with E-state index in [1.165, 1.54) is 4.90 Å². The number of piperazine rings is 1. The molecular formula is C21H28FN5O2. The van der Waals surface area contributed by atoms with Gasteiger partial charge in [-0.05, 0) is 44.2 Å². The number of fused-ring (bicyclic) bond motifs is 5. The highest BCUT2D eigenvalue weighted by molar-refractivity contribution is 6.06. The van der Waals surface area contributed by atoms with Gasteiger partial charge in [0.15, 0.2) is 0 Å². The number of unbranched alkanes of at least 4 members (excludes halogenated alkanes) is 1. The van der Waals surface area contributed by atoms with Gasteiger partial charge in [-0.25, -0.2) is 14.4 Å². The van der Waals surface area contributed by atoms with Gasteiger partial charge < -0.3 is 4.90 Å². The summed E-state index contributed by atoms with van der Waals surface area (Å²) >= 11 is 0. The standard InChI is InChI=1S/C21H28FN5O2/c22-16-13-14-12-15(16)18-17(14)19(28)27(20(18)29)7-2-1-6-25-8-10-26(11-9-25)21-23-4-3-5-24-21/h3-5,14-18H,1-2,6-13H2. The van der Waals surface area contributed by atoms with Crippen LogP contribution in [0.2, 0.25) is 0 Å². The number of anilines is 1. The fraction of sp³-hybridized carbons (Fsp3) is 0.714. The van der Waals surface area contributed by atoms with Gasteiger partial charge in [-0.1, -0.05) is 0 Å². The fourth-order valence-electron chi connectivity index (χ4n) is 5.89. The van der Waals surface area contributed by atoms with E-state index in [9.17, 15) is 14.0 Å². The third kappa shape index (κ3) is 3.31. The van der Waals surface area contributed by atoms with Gasteiger partial charge in [0.25, 0.3) is 0 Å². The Labute approximate surface area is 170 Å². The van der Waals surface area contributed by atoms with Gasteiger partial charge in [0.2, 0.25) is 17.8 Å². The highest BCUT2D eigenvalue weighted by Crippen LogP contribution is 2.57. The van der Waals surface area contributed by atoms with Crippen LogP contribution in [0, 0.1) is 23.7 Å². The van der Waals surface area contributed by atoms with Crippen molar-refractivity contribution in [1.29, 1.82) is 0 Å². The van der Waals surface area contributed by atoms with E-state index in [-0.39, 0.29) is 35.5 Å². The van der Waals surface area contributed by atoms with Gasteiger partial charge in [0, 0.05) is 51.0 Å². The van der Waals surface area contributed by atoms with Crippen molar-refractivity contribution in [2.24, 2.45) is 23.7 Å². The lowest BCUT2D eigenvalue weighted by molar-refractivity contribution is -0.140. The average molecular weight is 401 g/mol. The molecule has 4 fully saturated rings. The van der Waals surface area contributed by atoms with Crippen LogP contribution in [-0.4, -0.2) is 77.0 Å². The molecule has 2 amide bonds. The molecule has 0 radical (unpaired) electrons. The molecule has 2 bridgehead atoms. The van der Waals surface area contributed by atoms with E-state index in [4.69, 9.17) is 0 Å². The minimum absolute atomic E-state index is 0.0316. The summed E-state index contributed by atoms with van der Waals surface area (Å²) in [6.45, 7) is 5.19. The van der Waals surface area contributed by atoms with Gasteiger partial charge in [-0.3, -0.25) is 19.4 Å². The molecule has 0 N–H and O–H groups in total. The molecule has 0 aromatic carbocycles. The lowest BCUT2D eigenvalue weighted by atomic mass is 9.80. The molecule has 7 nitrogen and oxygen atoms in total. The molecule has 2 aliphatic carbocycles. The number of amides is 2. The van der Waals surface area contributed by atoms with Crippen molar-refractivity contribution in [2.45, 2.75) is 31.9 Å². The summed E-state index contributed by atoms with van der Waals surface area (Å²) in [6, 6.07) is 1.82. The summed E-state index contributed by atoms with van der Waals surface area (Å²) in [5.41, 5.74) is 0. The van der Waals surface area contributed by atoms with Crippen molar-refractivity contribution in [3.05, 3.63) is 18.5 Å². The van der Waals surface area contributed by atoms with Gasteiger partial charge in [-0.15, -0.1) is 0 Å². The van der Waals surface area contributed by atoms with Crippen LogP contribution in [0.5, 0.6) is 0 Å². The number of hydrogen-bond acceptors (Lipinski definition) is 6. The van der Waals surface area contributed by atoms with E-state index in [0.717, 1.165) is 57.9 Å². The Hall–Kier alpha value is -2.09. The lowest BCUT2D eigenvalue weighted by Gasteiger charge is -2.34. The summed E-state index contributed by atoms with van der Waals surface area (Å²) < 4.78 is 14.0. The molecule has 2 aliphatic heterocycles. The first-order valence-electron chi connectivity index (χ1n) is 10.9. The first-order valence-corrected chi connectivity index (χ1v) is 10.9. The summed E-state index contributed by atoms with van der Waals surface area (Å²) in [7, 11) is 0. The Morgan fingerprint density at radius 2 is 1.62 bits per heavy atom. The van der Waals surface area contributed by atoms with Crippen molar-refractivity contribution < 1.29 is 14.0 Å². The van der Waals surface area contributed by atoms with Crippen molar-refractivity contribution in [2.75, 3.05) is 44.2 Å². The van der Waals surface area contributed by atoms with E-state index < -0.39 is 6.17 Å². The van der Waals surface area contributed by atoms with Crippen LogP contribution in [0.25, 0.3) is 0 Å². The molecule has 156 valence electrons. The van der Waals surface area contributed by atoms with E-state index in [0.29, 0.717) is 13.0 Å². The van der Waals surface area contributed by atoms with Crippen molar-refractivity contribution in [3.8, 4) is 0 Å². The molecule has 4 aliphatic rings. The second-order valence-electron chi connectivity index (χ2n) is 8.88. The molecule has 5 atom stereocenters. The molecular weight excluding hydrogens is 373 g/mol. The molecule has 1 aromatic heterocycles. The number of carbonyl (C=O) groups is 2. The number of imide groups is 1. The zero-order chi connectivity index (χ0) is 20.0. The third-order valence-corrected chi connectivity index (χ3v) is 7.34. The molecule has 0 spiro atoms. The van der Waals surface area contributed by atoms with Crippen LogP contribution in [0.3, 0.4) is 0 Å². The molecule has 2 saturated heterocycles. The SMILES string of the molecule is O=C1C2C3CC(F)C(C3)C2C(=O)N1CCCCN1CCN(c2ncccn2)CC1. The Morgan fingerprint density at radius 3 is 2.38 bits per heavy atom. The first-order chi connectivity index (χ1) is 14.1. The minimum Gasteiger partial charge on any atom is -0.338 e.